The first kappa shape index (κ1) is 18.9. The van der Waals surface area contributed by atoms with Crippen LogP contribution in [0.3, 0.4) is 0 Å². The van der Waals surface area contributed by atoms with Gasteiger partial charge in [0.25, 0.3) is 11.8 Å². The van der Waals surface area contributed by atoms with Crippen molar-refractivity contribution in [2.45, 2.75) is 12.8 Å². The number of phenols is 1. The minimum absolute atomic E-state index is 0.0176. The van der Waals surface area contributed by atoms with Crippen molar-refractivity contribution >= 4 is 39.8 Å². The zero-order chi connectivity index (χ0) is 19.6. The molecule has 2 amide bonds. The van der Waals surface area contributed by atoms with Crippen LogP contribution in [0.4, 0.5) is 5.00 Å². The number of hydrogen-bond donors (Lipinski definition) is 3. The third kappa shape index (κ3) is 4.13. The van der Waals surface area contributed by atoms with E-state index in [0.29, 0.717) is 10.0 Å². The van der Waals surface area contributed by atoms with Gasteiger partial charge in [-0.3, -0.25) is 9.59 Å². The van der Waals surface area contributed by atoms with Crippen LogP contribution >= 0.6 is 22.9 Å². The molecule has 2 aromatic carbocycles. The Morgan fingerprint density at radius 1 is 1.11 bits per heavy atom. The third-order valence-corrected chi connectivity index (χ3v) is 5.64. The van der Waals surface area contributed by atoms with Gasteiger partial charge in [0.1, 0.15) is 10.8 Å². The molecule has 7 heteroatoms. The summed E-state index contributed by atoms with van der Waals surface area (Å²) in [5.74, 6) is -1.38. The number of nitrogens with one attached hydrogen (secondary N) is 1. The van der Waals surface area contributed by atoms with Crippen LogP contribution in [0.5, 0.6) is 5.75 Å². The molecule has 1 atom stereocenters. The van der Waals surface area contributed by atoms with Gasteiger partial charge in [-0.25, -0.2) is 0 Å². The standard InChI is InChI=1S/C20H17ClN2O3S/c1-11(12-5-3-2-4-6-12)17-10-15(18(22)25)20(27-17)23-19(26)14-9-13(21)7-8-16(14)24/h2-11,24H,1H3,(H2,22,25)(H,23,26). The molecule has 0 aliphatic heterocycles. The fourth-order valence-electron chi connectivity index (χ4n) is 2.67. The van der Waals surface area contributed by atoms with E-state index in [1.54, 1.807) is 6.07 Å². The van der Waals surface area contributed by atoms with Gasteiger partial charge in [0.2, 0.25) is 0 Å². The van der Waals surface area contributed by atoms with E-state index in [2.05, 4.69) is 5.32 Å². The molecule has 1 unspecified atom stereocenters. The van der Waals surface area contributed by atoms with Gasteiger partial charge in [0.15, 0.2) is 0 Å². The highest BCUT2D eigenvalue weighted by Crippen LogP contribution is 2.36. The van der Waals surface area contributed by atoms with Crippen molar-refractivity contribution < 1.29 is 14.7 Å². The van der Waals surface area contributed by atoms with Crippen LogP contribution in [0.2, 0.25) is 5.02 Å². The van der Waals surface area contributed by atoms with Gasteiger partial charge in [0, 0.05) is 15.8 Å². The highest BCUT2D eigenvalue weighted by molar-refractivity contribution is 7.16. The van der Waals surface area contributed by atoms with E-state index in [9.17, 15) is 14.7 Å². The van der Waals surface area contributed by atoms with Gasteiger partial charge in [0.05, 0.1) is 11.1 Å². The molecule has 5 nitrogen and oxygen atoms in total. The molecule has 4 N–H and O–H groups in total. The number of rotatable bonds is 5. The number of aromatic hydroxyl groups is 1. The minimum Gasteiger partial charge on any atom is -0.507 e. The second-order valence-electron chi connectivity index (χ2n) is 6.00. The first-order valence-corrected chi connectivity index (χ1v) is 9.34. The molecule has 0 aliphatic rings. The Morgan fingerprint density at radius 3 is 2.48 bits per heavy atom. The summed E-state index contributed by atoms with van der Waals surface area (Å²) >= 11 is 7.17. The molecule has 0 fully saturated rings. The number of primary amides is 1. The zero-order valence-corrected chi connectivity index (χ0v) is 16.0. The normalized spacial score (nSPS) is 11.8. The number of halogens is 1. The maximum absolute atomic E-state index is 12.5. The molecular weight excluding hydrogens is 384 g/mol. The average molecular weight is 401 g/mol. The van der Waals surface area contributed by atoms with Crippen LogP contribution in [0, 0.1) is 0 Å². The van der Waals surface area contributed by atoms with Crippen molar-refractivity contribution in [3.8, 4) is 5.75 Å². The third-order valence-electron chi connectivity index (χ3n) is 4.17. The number of carbonyl (C=O) groups is 2. The number of benzene rings is 2. The lowest BCUT2D eigenvalue weighted by Crippen LogP contribution is -2.16. The number of thiophene rings is 1. The van der Waals surface area contributed by atoms with Gasteiger partial charge in [-0.1, -0.05) is 48.9 Å². The topological polar surface area (TPSA) is 92.4 Å². The van der Waals surface area contributed by atoms with Crippen LogP contribution in [0.1, 0.15) is 44.0 Å². The fourth-order valence-corrected chi connectivity index (χ4v) is 3.98. The van der Waals surface area contributed by atoms with Crippen LogP contribution in [0.25, 0.3) is 0 Å². The molecule has 0 spiro atoms. The molecule has 0 aliphatic carbocycles. The number of amides is 2. The fraction of sp³-hybridized carbons (Fsp3) is 0.100. The molecular formula is C20H17ClN2O3S. The molecule has 3 rings (SSSR count). The number of anilines is 1. The quantitative estimate of drug-likeness (QED) is 0.583. The predicted molar refractivity (Wildman–Crippen MR) is 108 cm³/mol. The largest absolute Gasteiger partial charge is 0.507 e. The second kappa shape index (κ2) is 7.82. The molecule has 0 radical (unpaired) electrons. The summed E-state index contributed by atoms with van der Waals surface area (Å²) in [6.07, 6.45) is 0. The molecule has 1 aromatic heterocycles. The number of hydrogen-bond acceptors (Lipinski definition) is 4. The maximum atomic E-state index is 12.5. The molecule has 0 saturated carbocycles. The predicted octanol–water partition coefficient (Wildman–Crippen LogP) is 4.61. The Hall–Kier alpha value is -2.83. The van der Waals surface area contributed by atoms with Gasteiger partial charge >= 0.3 is 0 Å². The van der Waals surface area contributed by atoms with E-state index in [1.807, 2.05) is 37.3 Å². The lowest BCUT2D eigenvalue weighted by Gasteiger charge is -2.09. The highest BCUT2D eigenvalue weighted by Gasteiger charge is 2.21. The maximum Gasteiger partial charge on any atom is 0.260 e. The number of carbonyl (C=O) groups excluding carboxylic acids is 2. The van der Waals surface area contributed by atoms with Crippen molar-refractivity contribution in [3.05, 3.63) is 81.2 Å². The molecule has 138 valence electrons. The lowest BCUT2D eigenvalue weighted by molar-refractivity contribution is 0.100. The van der Waals surface area contributed by atoms with E-state index in [4.69, 9.17) is 17.3 Å². The van der Waals surface area contributed by atoms with E-state index in [1.165, 1.54) is 29.5 Å². The van der Waals surface area contributed by atoms with Crippen molar-refractivity contribution in [1.82, 2.24) is 0 Å². The van der Waals surface area contributed by atoms with E-state index >= 15 is 0 Å². The van der Waals surface area contributed by atoms with Gasteiger partial charge in [-0.15, -0.1) is 11.3 Å². The van der Waals surface area contributed by atoms with Crippen molar-refractivity contribution in [2.75, 3.05) is 5.32 Å². The molecule has 3 aromatic rings. The first-order valence-electron chi connectivity index (χ1n) is 8.15. The Morgan fingerprint density at radius 2 is 1.81 bits per heavy atom. The summed E-state index contributed by atoms with van der Waals surface area (Å²) in [5, 5.41) is 13.2. The second-order valence-corrected chi connectivity index (χ2v) is 7.52. The van der Waals surface area contributed by atoms with Crippen molar-refractivity contribution in [3.63, 3.8) is 0 Å². The van der Waals surface area contributed by atoms with Gasteiger partial charge < -0.3 is 16.2 Å². The van der Waals surface area contributed by atoms with Crippen molar-refractivity contribution in [2.24, 2.45) is 5.73 Å². The Bertz CT molecular complexity index is 1000. The first-order chi connectivity index (χ1) is 12.9. The zero-order valence-electron chi connectivity index (χ0n) is 14.4. The van der Waals surface area contributed by atoms with Crippen LogP contribution in [-0.4, -0.2) is 16.9 Å². The minimum atomic E-state index is -0.636. The Kier molecular flexibility index (Phi) is 5.48. The smallest absolute Gasteiger partial charge is 0.260 e. The Labute approximate surface area is 165 Å². The molecule has 27 heavy (non-hydrogen) atoms. The summed E-state index contributed by atoms with van der Waals surface area (Å²) in [5.41, 5.74) is 6.81. The molecule has 1 heterocycles. The van der Waals surface area contributed by atoms with Gasteiger partial charge in [-0.2, -0.15) is 0 Å². The molecule has 0 bridgehead atoms. The molecule has 0 saturated heterocycles. The van der Waals surface area contributed by atoms with Crippen LogP contribution < -0.4 is 11.1 Å². The van der Waals surface area contributed by atoms with Crippen LogP contribution in [0.15, 0.2) is 54.6 Å². The van der Waals surface area contributed by atoms with E-state index in [0.717, 1.165) is 10.4 Å². The Balaban J connectivity index is 1.93. The number of phenolic OH excluding ortho intramolecular Hbond substituents is 1. The SMILES string of the molecule is CC(c1ccccc1)c1cc(C(N)=O)c(NC(=O)c2cc(Cl)ccc2O)s1. The summed E-state index contributed by atoms with van der Waals surface area (Å²) in [4.78, 5) is 25.3. The van der Waals surface area contributed by atoms with Crippen molar-refractivity contribution in [1.29, 1.82) is 0 Å². The average Bonchev–Trinajstić information content (AvgIpc) is 3.07. The van der Waals surface area contributed by atoms with Gasteiger partial charge in [-0.05, 0) is 29.8 Å². The lowest BCUT2D eigenvalue weighted by atomic mass is 9.99. The van der Waals surface area contributed by atoms with E-state index in [-0.39, 0.29) is 22.8 Å². The van der Waals surface area contributed by atoms with Crippen LogP contribution in [-0.2, 0) is 0 Å². The monoisotopic (exact) mass is 400 g/mol. The summed E-state index contributed by atoms with van der Waals surface area (Å²) < 4.78 is 0. The number of nitrogens with two attached hydrogens (primary N) is 1. The van der Waals surface area contributed by atoms with E-state index < -0.39 is 11.8 Å². The summed E-state index contributed by atoms with van der Waals surface area (Å²) in [7, 11) is 0. The highest BCUT2D eigenvalue weighted by atomic mass is 35.5. The summed E-state index contributed by atoms with van der Waals surface area (Å²) in [6.45, 7) is 2.01. The summed E-state index contributed by atoms with van der Waals surface area (Å²) in [6, 6.07) is 15.7.